The Morgan fingerprint density at radius 3 is 2.77 bits per heavy atom. The molecule has 0 radical (unpaired) electrons. The van der Waals surface area contributed by atoms with Crippen LogP contribution in [0.3, 0.4) is 0 Å². The second-order valence-electron chi connectivity index (χ2n) is 6.67. The molecule has 2 aromatic carbocycles. The predicted octanol–water partition coefficient (Wildman–Crippen LogP) is 5.87. The topological polar surface area (TPSA) is 77.5 Å². The van der Waals surface area contributed by atoms with Crippen molar-refractivity contribution in [2.24, 2.45) is 0 Å². The summed E-state index contributed by atoms with van der Waals surface area (Å²) in [7, 11) is 0. The van der Waals surface area contributed by atoms with E-state index in [-0.39, 0.29) is 5.91 Å². The Morgan fingerprint density at radius 1 is 1.10 bits per heavy atom. The number of nitrogens with zero attached hydrogens (tertiary/aromatic N) is 1. The van der Waals surface area contributed by atoms with E-state index in [0.717, 1.165) is 11.3 Å². The summed E-state index contributed by atoms with van der Waals surface area (Å²) >= 11 is 6.28. The lowest BCUT2D eigenvalue weighted by Crippen LogP contribution is -2.13. The summed E-state index contributed by atoms with van der Waals surface area (Å²) in [5.74, 6) is 0.854. The fourth-order valence-corrected chi connectivity index (χ4v) is 3.30. The molecule has 0 fully saturated rings. The van der Waals surface area contributed by atoms with E-state index in [1.807, 2.05) is 48.5 Å². The zero-order valence-electron chi connectivity index (χ0n) is 16.2. The molecule has 7 heteroatoms. The van der Waals surface area contributed by atoms with Crippen LogP contribution < -0.4 is 5.32 Å². The first-order chi connectivity index (χ1) is 14.6. The average molecular weight is 423 g/mol. The third kappa shape index (κ3) is 4.45. The van der Waals surface area contributed by atoms with Crippen LogP contribution in [0.2, 0.25) is 5.02 Å². The van der Waals surface area contributed by atoms with E-state index in [1.54, 1.807) is 25.3 Å². The number of halogens is 1. The Balaban J connectivity index is 1.48. The van der Waals surface area contributed by atoms with Gasteiger partial charge in [-0.3, -0.25) is 4.79 Å². The zero-order valence-corrected chi connectivity index (χ0v) is 17.0. The molecule has 6 nitrogen and oxygen atoms in total. The second kappa shape index (κ2) is 8.98. The van der Waals surface area contributed by atoms with Gasteiger partial charge in [-0.05, 0) is 42.8 Å². The highest BCUT2D eigenvalue weighted by Crippen LogP contribution is 2.31. The molecule has 1 amide bonds. The van der Waals surface area contributed by atoms with Gasteiger partial charge in [0.25, 0.3) is 5.91 Å². The Hall–Kier alpha value is -3.35. The maximum absolute atomic E-state index is 13.0. The molecule has 0 spiro atoms. The molecule has 0 saturated heterocycles. The van der Waals surface area contributed by atoms with Crippen LogP contribution >= 0.6 is 11.6 Å². The third-order valence-electron chi connectivity index (χ3n) is 4.50. The minimum absolute atomic E-state index is 0.322. The minimum Gasteiger partial charge on any atom is -0.467 e. The highest BCUT2D eigenvalue weighted by molar-refractivity contribution is 6.33. The van der Waals surface area contributed by atoms with E-state index in [0.29, 0.717) is 46.5 Å². The Bertz CT molecular complexity index is 1150. The molecule has 4 aromatic rings. The molecule has 30 heavy (non-hydrogen) atoms. The molecule has 0 aliphatic heterocycles. The van der Waals surface area contributed by atoms with Crippen LogP contribution in [-0.2, 0) is 18.0 Å². The number of hydrogen-bond acceptors (Lipinski definition) is 5. The Kier molecular flexibility index (Phi) is 5.97. The lowest BCUT2D eigenvalue weighted by molar-refractivity contribution is 0.0929. The number of furan rings is 1. The Labute approximate surface area is 178 Å². The number of benzene rings is 2. The maximum Gasteiger partial charge on any atom is 0.261 e. The van der Waals surface area contributed by atoms with Gasteiger partial charge in [-0.2, -0.15) is 0 Å². The predicted molar refractivity (Wildman–Crippen MR) is 113 cm³/mol. The van der Waals surface area contributed by atoms with Crippen molar-refractivity contribution >= 4 is 23.2 Å². The fourth-order valence-electron chi connectivity index (χ4n) is 3.07. The van der Waals surface area contributed by atoms with Crippen LogP contribution in [0, 0.1) is 6.92 Å². The van der Waals surface area contributed by atoms with E-state index >= 15 is 0 Å². The van der Waals surface area contributed by atoms with Crippen LogP contribution in [0.25, 0.3) is 11.3 Å². The van der Waals surface area contributed by atoms with Gasteiger partial charge in [0.2, 0.25) is 0 Å². The molecule has 0 saturated carbocycles. The highest BCUT2D eigenvalue weighted by Gasteiger charge is 2.23. The third-order valence-corrected chi connectivity index (χ3v) is 4.83. The van der Waals surface area contributed by atoms with Crippen molar-refractivity contribution in [2.75, 3.05) is 5.32 Å². The minimum atomic E-state index is -0.322. The molecule has 4 rings (SSSR count). The number of amides is 1. The van der Waals surface area contributed by atoms with Crippen molar-refractivity contribution in [1.82, 2.24) is 5.16 Å². The summed E-state index contributed by atoms with van der Waals surface area (Å²) in [6, 6.07) is 18.3. The molecule has 0 aliphatic carbocycles. The van der Waals surface area contributed by atoms with Crippen molar-refractivity contribution in [1.29, 1.82) is 0 Å². The lowest BCUT2D eigenvalue weighted by Gasteiger charge is -2.09. The van der Waals surface area contributed by atoms with Gasteiger partial charge in [-0.25, -0.2) is 0 Å². The van der Waals surface area contributed by atoms with E-state index in [9.17, 15) is 4.79 Å². The lowest BCUT2D eigenvalue weighted by atomic mass is 10.1. The summed E-state index contributed by atoms with van der Waals surface area (Å²) in [4.78, 5) is 13.0. The highest BCUT2D eigenvalue weighted by atomic mass is 35.5. The number of aromatic nitrogens is 1. The first-order valence-corrected chi connectivity index (χ1v) is 9.71. The number of ether oxygens (including phenoxy) is 1. The number of carbonyl (C=O) groups excluding carboxylic acids is 1. The number of rotatable bonds is 7. The number of anilines is 1. The van der Waals surface area contributed by atoms with Gasteiger partial charge in [0.15, 0.2) is 0 Å². The van der Waals surface area contributed by atoms with Crippen molar-refractivity contribution < 1.29 is 18.5 Å². The number of hydrogen-bond donors (Lipinski definition) is 1. The molecule has 0 atom stereocenters. The summed E-state index contributed by atoms with van der Waals surface area (Å²) in [5, 5.41) is 7.44. The van der Waals surface area contributed by atoms with Gasteiger partial charge >= 0.3 is 0 Å². The first-order valence-electron chi connectivity index (χ1n) is 9.33. The zero-order chi connectivity index (χ0) is 20.9. The van der Waals surface area contributed by atoms with Gasteiger partial charge < -0.3 is 19.0 Å². The summed E-state index contributed by atoms with van der Waals surface area (Å²) in [6.45, 7) is 2.47. The van der Waals surface area contributed by atoms with Gasteiger partial charge in [0.05, 0.1) is 17.9 Å². The van der Waals surface area contributed by atoms with E-state index in [4.69, 9.17) is 25.3 Å². The van der Waals surface area contributed by atoms with E-state index in [1.165, 1.54) is 0 Å². The largest absolute Gasteiger partial charge is 0.467 e. The normalized spacial score (nSPS) is 10.9. The average Bonchev–Trinajstić information content (AvgIpc) is 3.38. The van der Waals surface area contributed by atoms with Crippen LogP contribution in [0.1, 0.15) is 27.4 Å². The van der Waals surface area contributed by atoms with Crippen molar-refractivity contribution in [3.05, 3.63) is 94.6 Å². The molecule has 2 aromatic heterocycles. The fraction of sp³-hybridized carbons (Fsp3) is 0.130. The summed E-state index contributed by atoms with van der Waals surface area (Å²) in [6.07, 6.45) is 1.61. The number of nitrogens with one attached hydrogen (secondary N) is 1. The van der Waals surface area contributed by atoms with Gasteiger partial charge in [0, 0.05) is 11.3 Å². The van der Waals surface area contributed by atoms with E-state index < -0.39 is 0 Å². The van der Waals surface area contributed by atoms with Crippen molar-refractivity contribution in [3.63, 3.8) is 0 Å². The standard InChI is InChI=1S/C23H19ClN2O4/c1-15-21(22(26-30-15)19-9-2-3-10-20(19)24)23(27)25-17-7-4-6-16(12-17)13-28-14-18-8-5-11-29-18/h2-12H,13-14H2,1H3,(H,25,27). The molecular formula is C23H19ClN2O4. The molecular weight excluding hydrogens is 404 g/mol. The smallest absolute Gasteiger partial charge is 0.261 e. The Morgan fingerprint density at radius 2 is 1.97 bits per heavy atom. The first kappa shape index (κ1) is 19.9. The van der Waals surface area contributed by atoms with Gasteiger partial charge in [0.1, 0.15) is 29.4 Å². The quantitative estimate of drug-likeness (QED) is 0.403. The summed E-state index contributed by atoms with van der Waals surface area (Å²) in [5.41, 5.74) is 2.97. The number of carbonyl (C=O) groups is 1. The van der Waals surface area contributed by atoms with Crippen molar-refractivity contribution in [2.45, 2.75) is 20.1 Å². The molecule has 0 bridgehead atoms. The van der Waals surface area contributed by atoms with Gasteiger partial charge in [-0.1, -0.05) is 47.1 Å². The van der Waals surface area contributed by atoms with E-state index in [2.05, 4.69) is 10.5 Å². The second-order valence-corrected chi connectivity index (χ2v) is 7.08. The van der Waals surface area contributed by atoms with Crippen LogP contribution in [0.5, 0.6) is 0 Å². The molecule has 0 unspecified atom stereocenters. The van der Waals surface area contributed by atoms with Crippen LogP contribution in [0.15, 0.2) is 75.9 Å². The van der Waals surface area contributed by atoms with Crippen LogP contribution in [0.4, 0.5) is 5.69 Å². The molecule has 1 N–H and O–H groups in total. The van der Waals surface area contributed by atoms with Crippen molar-refractivity contribution in [3.8, 4) is 11.3 Å². The molecule has 0 aliphatic rings. The molecule has 152 valence electrons. The van der Waals surface area contributed by atoms with Gasteiger partial charge in [-0.15, -0.1) is 0 Å². The number of aryl methyl sites for hydroxylation is 1. The summed E-state index contributed by atoms with van der Waals surface area (Å²) < 4.78 is 16.2. The molecule has 2 heterocycles. The van der Waals surface area contributed by atoms with Crippen LogP contribution in [-0.4, -0.2) is 11.1 Å². The SMILES string of the molecule is Cc1onc(-c2ccccc2Cl)c1C(=O)Nc1cccc(COCc2ccco2)c1. The maximum atomic E-state index is 13.0. The monoisotopic (exact) mass is 422 g/mol.